The molecular formula is C15H23NO3. The Bertz CT molecular complexity index is 416. The zero-order valence-electron chi connectivity index (χ0n) is 11.9. The van der Waals surface area contributed by atoms with E-state index in [1.54, 1.807) is 18.2 Å². The number of hydrogen-bond acceptors (Lipinski definition) is 4. The highest BCUT2D eigenvalue weighted by atomic mass is 16.5. The van der Waals surface area contributed by atoms with E-state index in [1.165, 1.54) is 0 Å². The van der Waals surface area contributed by atoms with Crippen LogP contribution in [0.5, 0.6) is 5.75 Å². The number of benzene rings is 1. The lowest BCUT2D eigenvalue weighted by Crippen LogP contribution is -2.09. The van der Waals surface area contributed by atoms with Gasteiger partial charge in [-0.2, -0.15) is 0 Å². The largest absolute Gasteiger partial charge is 0.491 e. The molecule has 0 bridgehead atoms. The number of esters is 1. The fourth-order valence-electron chi connectivity index (χ4n) is 1.46. The molecule has 0 heterocycles. The van der Waals surface area contributed by atoms with Crippen molar-refractivity contribution in [1.29, 1.82) is 0 Å². The molecule has 19 heavy (non-hydrogen) atoms. The number of ether oxygens (including phenoxy) is 2. The van der Waals surface area contributed by atoms with Gasteiger partial charge in [0, 0.05) is 0 Å². The van der Waals surface area contributed by atoms with Gasteiger partial charge in [-0.3, -0.25) is 0 Å². The quantitative estimate of drug-likeness (QED) is 0.467. The Labute approximate surface area is 114 Å². The van der Waals surface area contributed by atoms with Crippen LogP contribution >= 0.6 is 0 Å². The summed E-state index contributed by atoms with van der Waals surface area (Å²) < 4.78 is 10.7. The van der Waals surface area contributed by atoms with Gasteiger partial charge in [-0.25, -0.2) is 4.79 Å². The van der Waals surface area contributed by atoms with Gasteiger partial charge in [0.2, 0.25) is 0 Å². The Morgan fingerprint density at radius 3 is 2.68 bits per heavy atom. The van der Waals surface area contributed by atoms with Crippen LogP contribution < -0.4 is 10.5 Å². The van der Waals surface area contributed by atoms with Gasteiger partial charge in [0.05, 0.1) is 24.5 Å². The molecule has 0 aliphatic carbocycles. The third kappa shape index (κ3) is 5.20. The number of rotatable bonds is 7. The number of anilines is 1. The molecule has 0 atom stereocenters. The Morgan fingerprint density at radius 1 is 1.37 bits per heavy atom. The van der Waals surface area contributed by atoms with E-state index in [0.717, 1.165) is 12.8 Å². The molecule has 1 aromatic rings. The van der Waals surface area contributed by atoms with E-state index in [4.69, 9.17) is 15.2 Å². The van der Waals surface area contributed by atoms with E-state index < -0.39 is 0 Å². The van der Waals surface area contributed by atoms with Crippen molar-refractivity contribution in [2.24, 2.45) is 5.92 Å². The SMILES string of the molecule is CCCCOC(=O)c1ccc(OCC(C)C)c(N)c1. The predicted molar refractivity (Wildman–Crippen MR) is 76.4 cm³/mol. The van der Waals surface area contributed by atoms with Crippen LogP contribution in [0.2, 0.25) is 0 Å². The Morgan fingerprint density at radius 2 is 2.11 bits per heavy atom. The first-order valence-corrected chi connectivity index (χ1v) is 6.74. The van der Waals surface area contributed by atoms with Crippen molar-refractivity contribution >= 4 is 11.7 Å². The molecule has 106 valence electrons. The summed E-state index contributed by atoms with van der Waals surface area (Å²) in [4.78, 5) is 11.7. The van der Waals surface area contributed by atoms with Crippen molar-refractivity contribution in [3.63, 3.8) is 0 Å². The molecule has 2 N–H and O–H groups in total. The Balaban J connectivity index is 2.62. The molecule has 0 spiro atoms. The Kier molecular flexibility index (Phi) is 6.19. The average molecular weight is 265 g/mol. The highest BCUT2D eigenvalue weighted by Gasteiger charge is 2.10. The lowest BCUT2D eigenvalue weighted by molar-refractivity contribution is 0.0500. The molecule has 0 saturated heterocycles. The molecule has 1 rings (SSSR count). The molecule has 0 aliphatic heterocycles. The van der Waals surface area contributed by atoms with Gasteiger partial charge in [0.1, 0.15) is 5.75 Å². The number of carbonyl (C=O) groups excluding carboxylic acids is 1. The minimum atomic E-state index is -0.337. The standard InChI is InChI=1S/C15H23NO3/c1-4-5-8-18-15(17)12-6-7-14(13(16)9-12)19-10-11(2)3/h6-7,9,11H,4-5,8,10,16H2,1-3H3. The first-order chi connectivity index (χ1) is 9.04. The number of hydrogen-bond donors (Lipinski definition) is 1. The summed E-state index contributed by atoms with van der Waals surface area (Å²) in [6.07, 6.45) is 1.87. The summed E-state index contributed by atoms with van der Waals surface area (Å²) >= 11 is 0. The van der Waals surface area contributed by atoms with E-state index in [-0.39, 0.29) is 5.97 Å². The van der Waals surface area contributed by atoms with Crippen molar-refractivity contribution in [3.8, 4) is 5.75 Å². The third-order valence-corrected chi connectivity index (χ3v) is 2.55. The lowest BCUT2D eigenvalue weighted by atomic mass is 10.2. The predicted octanol–water partition coefficient (Wildman–Crippen LogP) is 3.26. The minimum Gasteiger partial charge on any atom is -0.491 e. The van der Waals surface area contributed by atoms with Crippen molar-refractivity contribution in [2.45, 2.75) is 33.6 Å². The van der Waals surface area contributed by atoms with E-state index in [0.29, 0.717) is 36.1 Å². The highest BCUT2D eigenvalue weighted by molar-refractivity contribution is 5.91. The van der Waals surface area contributed by atoms with E-state index in [9.17, 15) is 4.79 Å². The maximum atomic E-state index is 11.7. The average Bonchev–Trinajstić information content (AvgIpc) is 2.37. The molecule has 0 unspecified atom stereocenters. The summed E-state index contributed by atoms with van der Waals surface area (Å²) in [6, 6.07) is 5.00. The summed E-state index contributed by atoms with van der Waals surface area (Å²) in [6.45, 7) is 7.23. The van der Waals surface area contributed by atoms with E-state index in [2.05, 4.69) is 13.8 Å². The zero-order chi connectivity index (χ0) is 14.3. The van der Waals surface area contributed by atoms with Crippen molar-refractivity contribution in [2.75, 3.05) is 18.9 Å². The van der Waals surface area contributed by atoms with Gasteiger partial charge >= 0.3 is 5.97 Å². The lowest BCUT2D eigenvalue weighted by Gasteiger charge is -2.12. The van der Waals surface area contributed by atoms with E-state index >= 15 is 0 Å². The van der Waals surface area contributed by atoms with Crippen LogP contribution in [0.25, 0.3) is 0 Å². The topological polar surface area (TPSA) is 61.5 Å². The molecule has 0 aliphatic rings. The van der Waals surface area contributed by atoms with Crippen LogP contribution in [-0.2, 0) is 4.74 Å². The second kappa shape index (κ2) is 7.67. The van der Waals surface area contributed by atoms with Gasteiger partial charge in [0.15, 0.2) is 0 Å². The van der Waals surface area contributed by atoms with Gasteiger partial charge in [-0.05, 0) is 30.5 Å². The van der Waals surface area contributed by atoms with Gasteiger partial charge in [-0.1, -0.05) is 27.2 Å². The van der Waals surface area contributed by atoms with Gasteiger partial charge < -0.3 is 15.2 Å². The zero-order valence-corrected chi connectivity index (χ0v) is 11.9. The fourth-order valence-corrected chi connectivity index (χ4v) is 1.46. The first-order valence-electron chi connectivity index (χ1n) is 6.74. The molecule has 0 radical (unpaired) electrons. The molecule has 0 aromatic heterocycles. The fraction of sp³-hybridized carbons (Fsp3) is 0.533. The van der Waals surface area contributed by atoms with Gasteiger partial charge in [0.25, 0.3) is 0 Å². The van der Waals surface area contributed by atoms with Crippen LogP contribution in [0.1, 0.15) is 44.0 Å². The summed E-state index contributed by atoms with van der Waals surface area (Å²) in [7, 11) is 0. The molecule has 4 nitrogen and oxygen atoms in total. The van der Waals surface area contributed by atoms with Gasteiger partial charge in [-0.15, -0.1) is 0 Å². The maximum absolute atomic E-state index is 11.7. The molecule has 1 aromatic carbocycles. The maximum Gasteiger partial charge on any atom is 0.338 e. The Hall–Kier alpha value is -1.71. The molecule has 0 fully saturated rings. The van der Waals surface area contributed by atoms with E-state index in [1.807, 2.05) is 6.92 Å². The van der Waals surface area contributed by atoms with Crippen LogP contribution in [0.3, 0.4) is 0 Å². The normalized spacial score (nSPS) is 10.5. The smallest absolute Gasteiger partial charge is 0.338 e. The van der Waals surface area contributed by atoms with Crippen molar-refractivity contribution in [3.05, 3.63) is 23.8 Å². The number of carbonyl (C=O) groups is 1. The summed E-state index contributed by atoms with van der Waals surface area (Å²) in [5.41, 5.74) is 6.79. The van der Waals surface area contributed by atoms with Crippen LogP contribution in [0.4, 0.5) is 5.69 Å². The molecule has 0 amide bonds. The second-order valence-corrected chi connectivity index (χ2v) is 4.95. The highest BCUT2D eigenvalue weighted by Crippen LogP contribution is 2.23. The molecule has 0 saturated carbocycles. The first kappa shape index (κ1) is 15.3. The summed E-state index contributed by atoms with van der Waals surface area (Å²) in [5, 5.41) is 0. The van der Waals surface area contributed by atoms with Crippen LogP contribution in [0, 0.1) is 5.92 Å². The number of nitrogen functional groups attached to an aromatic ring is 1. The number of nitrogens with two attached hydrogens (primary N) is 1. The summed E-state index contributed by atoms with van der Waals surface area (Å²) in [5.74, 6) is 0.701. The second-order valence-electron chi connectivity index (χ2n) is 4.95. The number of unbranched alkanes of at least 4 members (excludes halogenated alkanes) is 1. The van der Waals surface area contributed by atoms with Crippen LogP contribution in [-0.4, -0.2) is 19.2 Å². The molecule has 4 heteroatoms. The van der Waals surface area contributed by atoms with Crippen molar-refractivity contribution in [1.82, 2.24) is 0 Å². The van der Waals surface area contributed by atoms with Crippen molar-refractivity contribution < 1.29 is 14.3 Å². The monoisotopic (exact) mass is 265 g/mol. The third-order valence-electron chi connectivity index (χ3n) is 2.55. The molecular weight excluding hydrogens is 242 g/mol. The van der Waals surface area contributed by atoms with Crippen LogP contribution in [0.15, 0.2) is 18.2 Å². The minimum absolute atomic E-state index is 0.337.